The third-order valence-electron chi connectivity index (χ3n) is 7.46. The van der Waals surface area contributed by atoms with Gasteiger partial charge in [-0.2, -0.15) is 0 Å². The van der Waals surface area contributed by atoms with Gasteiger partial charge in [0, 0.05) is 12.8 Å². The summed E-state index contributed by atoms with van der Waals surface area (Å²) >= 11 is 0. The van der Waals surface area contributed by atoms with Gasteiger partial charge in [0.2, 0.25) is 0 Å². The normalized spacial score (nSPS) is 12.9. The standard InChI is InChI=1S/C34H72O6Si/c1-9-17-25-33(35-27-19-11-3,36-28-20-12-4)39-41(31-23-15-7,32-24-16-8)40-34(26-18-10-2,37-29-21-13-5)38-30-22-14-6/h9-32H2,1-8H3. The lowest BCUT2D eigenvalue weighted by Gasteiger charge is -2.46. The molecule has 41 heavy (non-hydrogen) atoms. The molecule has 0 aliphatic rings. The average Bonchev–Trinajstić information content (AvgIpc) is 2.97. The molecular weight excluding hydrogens is 532 g/mol. The minimum absolute atomic E-state index is 0.624. The molecule has 0 amide bonds. The molecule has 0 saturated carbocycles. The van der Waals surface area contributed by atoms with Crippen molar-refractivity contribution in [1.82, 2.24) is 0 Å². The second-order valence-electron chi connectivity index (χ2n) is 11.7. The lowest BCUT2D eigenvalue weighted by Crippen LogP contribution is -2.59. The van der Waals surface area contributed by atoms with Gasteiger partial charge >= 0.3 is 8.56 Å². The molecule has 0 aromatic heterocycles. The Morgan fingerprint density at radius 1 is 0.366 bits per heavy atom. The van der Waals surface area contributed by atoms with Crippen LogP contribution in [0.25, 0.3) is 0 Å². The third kappa shape index (κ3) is 18.4. The highest BCUT2D eigenvalue weighted by atomic mass is 28.4. The topological polar surface area (TPSA) is 55.4 Å². The van der Waals surface area contributed by atoms with Crippen molar-refractivity contribution in [2.24, 2.45) is 0 Å². The summed E-state index contributed by atoms with van der Waals surface area (Å²) in [5.74, 6) is -2.17. The Hall–Kier alpha value is -0.0231. The predicted octanol–water partition coefficient (Wildman–Crippen LogP) is 11.0. The fraction of sp³-hybridized carbons (Fsp3) is 1.00. The summed E-state index contributed by atoms with van der Waals surface area (Å²) in [4.78, 5) is 0. The molecule has 7 heteroatoms. The van der Waals surface area contributed by atoms with Crippen LogP contribution in [0.1, 0.15) is 171 Å². The monoisotopic (exact) mass is 605 g/mol. The van der Waals surface area contributed by atoms with Crippen LogP contribution in [0.2, 0.25) is 12.1 Å². The molecule has 0 aliphatic heterocycles. The summed E-state index contributed by atoms with van der Waals surface area (Å²) in [6.07, 6.45) is 17.9. The summed E-state index contributed by atoms with van der Waals surface area (Å²) in [7, 11) is -2.95. The number of hydrogen-bond donors (Lipinski definition) is 0. The van der Waals surface area contributed by atoms with Gasteiger partial charge in [0.05, 0.1) is 26.4 Å². The molecule has 0 spiro atoms. The first-order chi connectivity index (χ1) is 19.9. The van der Waals surface area contributed by atoms with Crippen LogP contribution in [0, 0.1) is 0 Å². The number of ether oxygens (including phenoxy) is 4. The first-order valence-corrected chi connectivity index (χ1v) is 20.1. The molecule has 0 atom stereocenters. The lowest BCUT2D eigenvalue weighted by atomic mass is 10.2. The fourth-order valence-corrected chi connectivity index (χ4v) is 8.73. The maximum absolute atomic E-state index is 7.39. The predicted molar refractivity (Wildman–Crippen MR) is 175 cm³/mol. The van der Waals surface area contributed by atoms with Crippen LogP contribution < -0.4 is 0 Å². The zero-order chi connectivity index (χ0) is 30.7. The van der Waals surface area contributed by atoms with Crippen LogP contribution >= 0.6 is 0 Å². The maximum atomic E-state index is 7.39. The van der Waals surface area contributed by atoms with Crippen molar-refractivity contribution < 1.29 is 27.8 Å². The molecule has 0 bridgehead atoms. The van der Waals surface area contributed by atoms with E-state index in [4.69, 9.17) is 27.8 Å². The SMILES string of the molecule is CCCCOC(CCCC)(OCCCC)O[Si](CCCC)(CCCC)OC(CCCC)(OCCCC)OCCCC. The van der Waals surface area contributed by atoms with E-state index in [0.717, 1.165) is 115 Å². The number of unbranched alkanes of at least 4 members (excludes halogenated alkanes) is 8. The summed E-state index contributed by atoms with van der Waals surface area (Å²) in [5, 5.41) is 0. The van der Waals surface area contributed by atoms with Crippen molar-refractivity contribution >= 4 is 8.56 Å². The average molecular weight is 605 g/mol. The third-order valence-corrected chi connectivity index (χ3v) is 11.1. The van der Waals surface area contributed by atoms with Gasteiger partial charge in [-0.05, 0) is 50.6 Å². The van der Waals surface area contributed by atoms with E-state index in [1.165, 1.54) is 0 Å². The van der Waals surface area contributed by atoms with E-state index in [2.05, 4.69) is 55.4 Å². The van der Waals surface area contributed by atoms with Crippen LogP contribution in [-0.2, 0) is 27.8 Å². The number of hydrogen-bond acceptors (Lipinski definition) is 6. The summed E-state index contributed by atoms with van der Waals surface area (Å²) in [6.45, 7) is 20.2. The molecule has 0 radical (unpaired) electrons. The van der Waals surface area contributed by atoms with Crippen molar-refractivity contribution in [3.63, 3.8) is 0 Å². The van der Waals surface area contributed by atoms with Gasteiger partial charge in [0.25, 0.3) is 11.9 Å². The Morgan fingerprint density at radius 3 is 0.878 bits per heavy atom. The molecule has 0 N–H and O–H groups in total. The smallest absolute Gasteiger partial charge is 0.342 e. The highest BCUT2D eigenvalue weighted by Gasteiger charge is 2.52. The second-order valence-corrected chi connectivity index (χ2v) is 14.9. The van der Waals surface area contributed by atoms with Gasteiger partial charge in [0.1, 0.15) is 0 Å². The minimum atomic E-state index is -2.95. The van der Waals surface area contributed by atoms with Gasteiger partial charge in [-0.15, -0.1) is 0 Å². The molecule has 0 aromatic rings. The van der Waals surface area contributed by atoms with Crippen molar-refractivity contribution in [3.05, 3.63) is 0 Å². The Bertz CT molecular complexity index is 493. The molecule has 0 rings (SSSR count). The zero-order valence-corrected chi connectivity index (χ0v) is 29.9. The van der Waals surface area contributed by atoms with Crippen molar-refractivity contribution in [1.29, 1.82) is 0 Å². The van der Waals surface area contributed by atoms with Gasteiger partial charge in [-0.3, -0.25) is 0 Å². The van der Waals surface area contributed by atoms with E-state index >= 15 is 0 Å². The summed E-state index contributed by atoms with van der Waals surface area (Å²) < 4.78 is 41.4. The van der Waals surface area contributed by atoms with Crippen molar-refractivity contribution in [2.45, 2.75) is 195 Å². The fourth-order valence-electron chi connectivity index (χ4n) is 4.68. The molecule has 6 nitrogen and oxygen atoms in total. The zero-order valence-electron chi connectivity index (χ0n) is 28.9. The van der Waals surface area contributed by atoms with E-state index in [0.29, 0.717) is 39.3 Å². The van der Waals surface area contributed by atoms with Crippen LogP contribution in [0.3, 0.4) is 0 Å². The Balaban J connectivity index is 6.80. The number of rotatable bonds is 32. The minimum Gasteiger partial charge on any atom is -0.342 e. The highest BCUT2D eigenvalue weighted by Crippen LogP contribution is 2.39. The van der Waals surface area contributed by atoms with E-state index in [1.807, 2.05) is 0 Å². The van der Waals surface area contributed by atoms with Crippen LogP contribution in [0.15, 0.2) is 0 Å². The first-order valence-electron chi connectivity index (χ1n) is 17.9. The maximum Gasteiger partial charge on any atom is 0.346 e. The van der Waals surface area contributed by atoms with Crippen LogP contribution in [0.5, 0.6) is 0 Å². The molecule has 0 saturated heterocycles. The highest BCUT2D eigenvalue weighted by molar-refractivity contribution is 6.67. The van der Waals surface area contributed by atoms with Crippen LogP contribution in [0.4, 0.5) is 0 Å². The molecule has 0 unspecified atom stereocenters. The Kier molecular flexibility index (Phi) is 26.4. The summed E-state index contributed by atoms with van der Waals surface area (Å²) in [6, 6.07) is 1.77. The molecule has 0 aromatic carbocycles. The first kappa shape index (κ1) is 41.0. The van der Waals surface area contributed by atoms with E-state index < -0.39 is 20.5 Å². The van der Waals surface area contributed by atoms with Gasteiger partial charge < -0.3 is 27.8 Å². The van der Waals surface area contributed by atoms with Gasteiger partial charge in [-0.25, -0.2) is 0 Å². The summed E-state index contributed by atoms with van der Waals surface area (Å²) in [5.41, 5.74) is 0. The molecule has 0 fully saturated rings. The van der Waals surface area contributed by atoms with Crippen molar-refractivity contribution in [2.75, 3.05) is 26.4 Å². The van der Waals surface area contributed by atoms with E-state index in [1.54, 1.807) is 0 Å². The quantitative estimate of drug-likeness (QED) is 0.0432. The molecule has 0 heterocycles. The van der Waals surface area contributed by atoms with Crippen LogP contribution in [-0.4, -0.2) is 46.9 Å². The molecule has 248 valence electrons. The van der Waals surface area contributed by atoms with E-state index in [-0.39, 0.29) is 0 Å². The molecular formula is C34H72O6Si. The Labute approximate surface area is 257 Å². The Morgan fingerprint density at radius 2 is 0.634 bits per heavy atom. The van der Waals surface area contributed by atoms with Gasteiger partial charge in [0.15, 0.2) is 0 Å². The molecule has 0 aliphatic carbocycles. The largest absolute Gasteiger partial charge is 0.346 e. The van der Waals surface area contributed by atoms with E-state index in [9.17, 15) is 0 Å². The van der Waals surface area contributed by atoms with Gasteiger partial charge in [-0.1, -0.05) is 120 Å². The second kappa shape index (κ2) is 26.4. The van der Waals surface area contributed by atoms with Crippen molar-refractivity contribution in [3.8, 4) is 0 Å². The lowest BCUT2D eigenvalue weighted by molar-refractivity contribution is -0.384.